The fraction of sp³-hybridized carbons (Fsp3) is 0.537. The fourth-order valence-corrected chi connectivity index (χ4v) is 9.82. The molecule has 258 valence electrons. The number of Topliss-reactive ketones (excluding diaryl/α,β-unsaturated/α-hetero) is 1. The molecular formula is C41H53NO5S. The zero-order chi connectivity index (χ0) is 34.1. The Morgan fingerprint density at radius 1 is 0.958 bits per heavy atom. The van der Waals surface area contributed by atoms with E-state index in [0.717, 1.165) is 71.6 Å². The summed E-state index contributed by atoms with van der Waals surface area (Å²) in [4.78, 5) is 14.3. The van der Waals surface area contributed by atoms with Gasteiger partial charge in [-0.25, -0.2) is 8.42 Å². The Kier molecular flexibility index (Phi) is 10.3. The molecule has 0 radical (unpaired) electrons. The third-order valence-corrected chi connectivity index (χ3v) is 13.2. The van der Waals surface area contributed by atoms with Crippen LogP contribution >= 0.6 is 0 Å². The molecular weight excluding hydrogens is 619 g/mol. The van der Waals surface area contributed by atoms with E-state index in [1.54, 1.807) is 0 Å². The summed E-state index contributed by atoms with van der Waals surface area (Å²) in [5.74, 6) is 0.0603. The number of hydrogen-bond acceptors (Lipinski definition) is 5. The Morgan fingerprint density at radius 2 is 1.71 bits per heavy atom. The average molecular weight is 672 g/mol. The number of benzene rings is 3. The highest BCUT2D eigenvalue weighted by Gasteiger charge is 2.58. The minimum absolute atomic E-state index is 0.00453. The Labute approximate surface area is 287 Å². The Bertz CT molecular complexity index is 1770. The number of fused-ring (bicyclic) bond motifs is 9. The number of aliphatic hydroxyl groups is 2. The molecule has 0 aliphatic heterocycles. The van der Waals surface area contributed by atoms with Gasteiger partial charge in [-0.3, -0.25) is 4.79 Å². The molecule has 0 amide bonds. The first kappa shape index (κ1) is 35.0. The van der Waals surface area contributed by atoms with E-state index in [1.807, 2.05) is 48.5 Å². The molecule has 3 aromatic carbocycles. The lowest BCUT2D eigenvalue weighted by Crippen LogP contribution is -2.53. The van der Waals surface area contributed by atoms with E-state index >= 15 is 0 Å². The van der Waals surface area contributed by atoms with E-state index in [4.69, 9.17) is 0 Å². The van der Waals surface area contributed by atoms with Crippen molar-refractivity contribution >= 4 is 26.6 Å². The normalized spacial score (nSPS) is 27.5. The lowest BCUT2D eigenvalue weighted by Gasteiger charge is -2.46. The number of rotatable bonds is 7. The van der Waals surface area contributed by atoms with Crippen molar-refractivity contribution in [1.29, 1.82) is 0 Å². The lowest BCUT2D eigenvalue weighted by atomic mass is 9.64. The zero-order valence-electron chi connectivity index (χ0n) is 29.0. The molecule has 0 aromatic heterocycles. The molecule has 7 heteroatoms. The van der Waals surface area contributed by atoms with Crippen molar-refractivity contribution in [2.45, 2.75) is 115 Å². The highest BCUT2D eigenvalue weighted by Crippen LogP contribution is 2.59. The van der Waals surface area contributed by atoms with Crippen LogP contribution in [-0.2, 0) is 23.0 Å². The number of ketones is 1. The van der Waals surface area contributed by atoms with Gasteiger partial charge in [-0.05, 0) is 104 Å². The maximum absolute atomic E-state index is 14.3. The van der Waals surface area contributed by atoms with Crippen LogP contribution in [0.5, 0.6) is 0 Å². The number of sulfonamides is 1. The summed E-state index contributed by atoms with van der Waals surface area (Å²) >= 11 is 0. The van der Waals surface area contributed by atoms with Gasteiger partial charge in [-0.2, -0.15) is 4.31 Å². The Morgan fingerprint density at radius 3 is 2.48 bits per heavy atom. The van der Waals surface area contributed by atoms with Crippen LogP contribution in [0.4, 0.5) is 0 Å². The first-order chi connectivity index (χ1) is 22.9. The Balaban J connectivity index is 1.41. The molecule has 2 N–H and O–H groups in total. The Hall–Kier alpha value is -2.84. The topological polar surface area (TPSA) is 94.9 Å². The first-order valence-electron chi connectivity index (χ1n) is 18.0. The summed E-state index contributed by atoms with van der Waals surface area (Å²) < 4.78 is 28.4. The summed E-state index contributed by atoms with van der Waals surface area (Å²) in [6.45, 7) is 4.39. The maximum Gasteiger partial charge on any atom is 0.211 e. The van der Waals surface area contributed by atoms with Gasteiger partial charge in [0.25, 0.3) is 0 Å². The highest BCUT2D eigenvalue weighted by atomic mass is 32.2. The van der Waals surface area contributed by atoms with E-state index in [0.29, 0.717) is 32.1 Å². The van der Waals surface area contributed by atoms with E-state index in [1.165, 1.54) is 22.6 Å². The third-order valence-electron chi connectivity index (χ3n) is 12.0. The van der Waals surface area contributed by atoms with Gasteiger partial charge < -0.3 is 10.2 Å². The molecule has 3 aromatic rings. The van der Waals surface area contributed by atoms with Crippen molar-refractivity contribution in [2.75, 3.05) is 12.8 Å². The van der Waals surface area contributed by atoms with Gasteiger partial charge in [0, 0.05) is 30.0 Å². The molecule has 48 heavy (non-hydrogen) atoms. The number of carbonyl (C=O) groups excluding carboxylic acids is 1. The fourth-order valence-electron chi connectivity index (χ4n) is 9.00. The summed E-state index contributed by atoms with van der Waals surface area (Å²) in [5, 5.41) is 25.8. The second-order valence-corrected chi connectivity index (χ2v) is 17.3. The van der Waals surface area contributed by atoms with Gasteiger partial charge in [0.1, 0.15) is 0 Å². The number of carbonyl (C=O) groups is 1. The maximum atomic E-state index is 14.3. The molecule has 2 fully saturated rings. The van der Waals surface area contributed by atoms with Crippen molar-refractivity contribution in [3.8, 4) is 0 Å². The SMILES string of the molecule is CC1=CCC[C@@]2(C)[C@@H](CC[C@@]2(O)CN(Cc2cccc3ccccc23)S(C)(=O)=O)c2ccc(cc2C(=O)C2CCCCC2)C[C@@H](O)CC1. The molecule has 4 aliphatic carbocycles. The molecule has 0 spiro atoms. The van der Waals surface area contributed by atoms with Gasteiger partial charge in [0.2, 0.25) is 10.0 Å². The second kappa shape index (κ2) is 14.2. The molecule has 4 aliphatic rings. The largest absolute Gasteiger partial charge is 0.393 e. The molecule has 0 unspecified atom stereocenters. The molecule has 6 nitrogen and oxygen atoms in total. The zero-order valence-corrected chi connectivity index (χ0v) is 29.8. The minimum Gasteiger partial charge on any atom is -0.393 e. The number of nitrogens with zero attached hydrogens (tertiary/aromatic N) is 1. The number of allylic oxidation sites excluding steroid dienone is 2. The standard InChI is InChI=1S/C41H53NO5S/c1-29-11-10-23-40(2)38(36-21-19-30(25-34(43)20-18-29)26-37(36)39(44)32-13-5-4-6-14-32)22-24-41(40,45)28-42(48(3,46)47)27-33-16-9-15-31-12-7-8-17-35(31)33/h7-9,11-12,15-17,19,21,26,32,34,38,43,45H,4-6,10,13-14,18,20,22-25,27-28H2,1-3H3/t34-,38-,40-,41+/m0/s1. The van der Waals surface area contributed by atoms with Gasteiger partial charge in [0.05, 0.1) is 18.0 Å². The third kappa shape index (κ3) is 7.21. The van der Waals surface area contributed by atoms with E-state index in [9.17, 15) is 23.4 Å². The van der Waals surface area contributed by atoms with Crippen molar-refractivity contribution in [1.82, 2.24) is 4.31 Å². The quantitative estimate of drug-likeness (QED) is 0.196. The second-order valence-electron chi connectivity index (χ2n) is 15.3. The highest BCUT2D eigenvalue weighted by molar-refractivity contribution is 7.88. The van der Waals surface area contributed by atoms with Crippen molar-refractivity contribution < 1.29 is 23.4 Å². The summed E-state index contributed by atoms with van der Waals surface area (Å²) in [5.41, 5.74) is 2.79. The van der Waals surface area contributed by atoms with Crippen LogP contribution in [0.1, 0.15) is 117 Å². The van der Waals surface area contributed by atoms with Crippen LogP contribution in [0.2, 0.25) is 0 Å². The molecule has 2 bridgehead atoms. The van der Waals surface area contributed by atoms with Crippen LogP contribution in [0.15, 0.2) is 72.3 Å². The molecule has 4 atom stereocenters. The van der Waals surface area contributed by atoms with Crippen molar-refractivity contribution in [3.05, 3.63) is 94.6 Å². The van der Waals surface area contributed by atoms with Crippen LogP contribution in [-0.4, -0.2) is 53.2 Å². The van der Waals surface area contributed by atoms with Crippen LogP contribution in [0, 0.1) is 11.3 Å². The van der Waals surface area contributed by atoms with Gasteiger partial charge in [-0.15, -0.1) is 0 Å². The van der Waals surface area contributed by atoms with Crippen LogP contribution in [0.25, 0.3) is 10.8 Å². The van der Waals surface area contributed by atoms with Gasteiger partial charge in [0.15, 0.2) is 5.78 Å². The first-order valence-corrected chi connectivity index (χ1v) is 19.9. The molecule has 2 saturated carbocycles. The number of aliphatic hydroxyl groups excluding tert-OH is 1. The molecule has 0 saturated heterocycles. The van der Waals surface area contributed by atoms with Crippen molar-refractivity contribution in [3.63, 3.8) is 0 Å². The summed E-state index contributed by atoms with van der Waals surface area (Å²) in [6.07, 6.45) is 12.5. The van der Waals surface area contributed by atoms with E-state index < -0.39 is 27.1 Å². The van der Waals surface area contributed by atoms with Gasteiger partial charge in [-0.1, -0.05) is 92.4 Å². The van der Waals surface area contributed by atoms with Gasteiger partial charge >= 0.3 is 0 Å². The summed E-state index contributed by atoms with van der Waals surface area (Å²) in [6, 6.07) is 20.1. The lowest BCUT2D eigenvalue weighted by molar-refractivity contribution is -0.0731. The number of hydrogen-bond donors (Lipinski definition) is 2. The average Bonchev–Trinajstić information content (AvgIpc) is 3.32. The predicted molar refractivity (Wildman–Crippen MR) is 194 cm³/mol. The molecule has 0 heterocycles. The smallest absolute Gasteiger partial charge is 0.211 e. The molecule has 7 rings (SSSR count). The van der Waals surface area contributed by atoms with Crippen molar-refractivity contribution in [2.24, 2.45) is 11.3 Å². The predicted octanol–water partition coefficient (Wildman–Crippen LogP) is 8.10. The summed E-state index contributed by atoms with van der Waals surface area (Å²) in [7, 11) is -3.69. The van der Waals surface area contributed by atoms with Crippen LogP contribution in [0.3, 0.4) is 0 Å². The minimum atomic E-state index is -3.69. The van der Waals surface area contributed by atoms with E-state index in [-0.39, 0.29) is 30.7 Å². The van der Waals surface area contributed by atoms with E-state index in [2.05, 4.69) is 32.1 Å². The van der Waals surface area contributed by atoms with Crippen LogP contribution < -0.4 is 0 Å². The monoisotopic (exact) mass is 671 g/mol.